The predicted molar refractivity (Wildman–Crippen MR) is 108 cm³/mol. The smallest absolute Gasteiger partial charge is 0.254 e. The average Bonchev–Trinajstić information content (AvgIpc) is 3.48. The lowest BCUT2D eigenvalue weighted by Crippen LogP contribution is -2.31. The van der Waals surface area contributed by atoms with Crippen molar-refractivity contribution in [1.29, 1.82) is 5.26 Å². The van der Waals surface area contributed by atoms with Gasteiger partial charge in [0.1, 0.15) is 12.4 Å². The molecule has 4 rings (SSSR count). The van der Waals surface area contributed by atoms with Gasteiger partial charge in [-0.15, -0.1) is 0 Å². The maximum atomic E-state index is 13.1. The number of amides is 1. The van der Waals surface area contributed by atoms with Crippen molar-refractivity contribution in [3.8, 4) is 11.9 Å². The lowest BCUT2D eigenvalue weighted by molar-refractivity contribution is 0.0735. The molecule has 1 saturated carbocycles. The highest BCUT2D eigenvalue weighted by Crippen LogP contribution is 2.41. The summed E-state index contributed by atoms with van der Waals surface area (Å²) in [7, 11) is 1.73. The molecule has 0 N–H and O–H groups in total. The highest BCUT2D eigenvalue weighted by atomic mass is 35.5. The van der Waals surface area contributed by atoms with Gasteiger partial charge in [0.2, 0.25) is 0 Å². The SMILES string of the molecule is CC(c1ncnn1-c1ccc(C#N)cn1)N(C)C(=O)c1cc(Cl)cc(C2CC2)c1. The fraction of sp³-hybridized carbons (Fsp3) is 0.286. The van der Waals surface area contributed by atoms with Gasteiger partial charge in [0.05, 0.1) is 11.6 Å². The number of rotatable bonds is 5. The summed E-state index contributed by atoms with van der Waals surface area (Å²) in [5, 5.41) is 13.8. The van der Waals surface area contributed by atoms with Gasteiger partial charge >= 0.3 is 0 Å². The molecule has 1 aliphatic carbocycles. The first-order valence-electron chi connectivity index (χ1n) is 9.32. The van der Waals surface area contributed by atoms with E-state index in [-0.39, 0.29) is 11.9 Å². The van der Waals surface area contributed by atoms with Crippen LogP contribution in [0.25, 0.3) is 5.82 Å². The fourth-order valence-corrected chi connectivity index (χ4v) is 3.47. The number of hydrogen-bond acceptors (Lipinski definition) is 5. The first-order chi connectivity index (χ1) is 14.0. The van der Waals surface area contributed by atoms with Crippen LogP contribution in [0.4, 0.5) is 0 Å². The number of carbonyl (C=O) groups is 1. The molecular formula is C21H19ClN6O. The zero-order chi connectivity index (χ0) is 20.5. The van der Waals surface area contributed by atoms with Crippen molar-refractivity contribution >= 4 is 17.5 Å². The number of carbonyl (C=O) groups excluding carboxylic acids is 1. The van der Waals surface area contributed by atoms with E-state index in [1.807, 2.05) is 25.1 Å². The number of hydrogen-bond donors (Lipinski definition) is 0. The van der Waals surface area contributed by atoms with Crippen molar-refractivity contribution in [2.45, 2.75) is 31.7 Å². The fourth-order valence-electron chi connectivity index (χ4n) is 3.23. The number of nitriles is 1. The first kappa shape index (κ1) is 19.1. The van der Waals surface area contributed by atoms with Crippen molar-refractivity contribution < 1.29 is 4.79 Å². The van der Waals surface area contributed by atoms with Crippen molar-refractivity contribution in [1.82, 2.24) is 24.6 Å². The Balaban J connectivity index is 1.60. The first-order valence-corrected chi connectivity index (χ1v) is 9.70. The lowest BCUT2D eigenvalue weighted by Gasteiger charge is -2.25. The molecule has 146 valence electrons. The molecule has 1 aliphatic rings. The molecule has 2 aromatic heterocycles. The predicted octanol–water partition coefficient (Wildman–Crippen LogP) is 3.90. The zero-order valence-electron chi connectivity index (χ0n) is 16.1. The van der Waals surface area contributed by atoms with Gasteiger partial charge in [-0.1, -0.05) is 11.6 Å². The molecule has 0 bridgehead atoms. The zero-order valence-corrected chi connectivity index (χ0v) is 16.8. The van der Waals surface area contributed by atoms with Crippen LogP contribution in [0.3, 0.4) is 0 Å². The molecule has 1 atom stereocenters. The summed E-state index contributed by atoms with van der Waals surface area (Å²) in [6, 6.07) is 10.6. The Kier molecular flexibility index (Phi) is 5.03. The summed E-state index contributed by atoms with van der Waals surface area (Å²) in [4.78, 5) is 23.3. The van der Waals surface area contributed by atoms with E-state index in [2.05, 4.69) is 15.1 Å². The number of nitrogens with zero attached hydrogens (tertiary/aromatic N) is 6. The van der Waals surface area contributed by atoms with E-state index in [0.717, 1.165) is 18.4 Å². The van der Waals surface area contributed by atoms with Crippen LogP contribution in [0.2, 0.25) is 5.02 Å². The number of halogens is 1. The van der Waals surface area contributed by atoms with Gasteiger partial charge < -0.3 is 4.90 Å². The van der Waals surface area contributed by atoms with Crippen LogP contribution < -0.4 is 0 Å². The summed E-state index contributed by atoms with van der Waals surface area (Å²) >= 11 is 6.25. The monoisotopic (exact) mass is 406 g/mol. The van der Waals surface area contributed by atoms with E-state index < -0.39 is 0 Å². The summed E-state index contributed by atoms with van der Waals surface area (Å²) in [5.74, 6) is 1.48. The van der Waals surface area contributed by atoms with E-state index in [1.165, 1.54) is 12.5 Å². The maximum Gasteiger partial charge on any atom is 0.254 e. The summed E-state index contributed by atoms with van der Waals surface area (Å²) in [6.45, 7) is 1.88. The molecule has 0 spiro atoms. The Bertz CT molecular complexity index is 1100. The van der Waals surface area contributed by atoms with Crippen molar-refractivity contribution in [2.75, 3.05) is 7.05 Å². The molecule has 1 fully saturated rings. The van der Waals surface area contributed by atoms with E-state index in [0.29, 0.717) is 33.7 Å². The van der Waals surface area contributed by atoms with E-state index in [4.69, 9.17) is 16.9 Å². The topological polar surface area (TPSA) is 87.7 Å². The molecule has 7 nitrogen and oxygen atoms in total. The third-order valence-electron chi connectivity index (χ3n) is 5.16. The van der Waals surface area contributed by atoms with Crippen molar-refractivity contribution in [2.24, 2.45) is 0 Å². The number of pyridine rings is 1. The second-order valence-electron chi connectivity index (χ2n) is 7.19. The third kappa shape index (κ3) is 3.84. The normalized spacial score (nSPS) is 14.3. The van der Waals surface area contributed by atoms with Crippen LogP contribution in [0.5, 0.6) is 0 Å². The van der Waals surface area contributed by atoms with Crippen LogP contribution in [0, 0.1) is 11.3 Å². The Morgan fingerprint density at radius 3 is 2.76 bits per heavy atom. The molecule has 1 unspecified atom stereocenters. The molecule has 0 saturated heterocycles. The maximum absolute atomic E-state index is 13.1. The number of aromatic nitrogens is 4. The number of benzene rings is 1. The molecule has 0 aliphatic heterocycles. The van der Waals surface area contributed by atoms with Crippen LogP contribution in [-0.4, -0.2) is 37.6 Å². The Labute approximate surface area is 173 Å². The van der Waals surface area contributed by atoms with Gasteiger partial charge in [0.15, 0.2) is 11.6 Å². The second-order valence-corrected chi connectivity index (χ2v) is 7.62. The van der Waals surface area contributed by atoms with Crippen LogP contribution in [0.1, 0.15) is 59.0 Å². The molecule has 0 radical (unpaired) electrons. The minimum atomic E-state index is -0.356. The minimum Gasteiger partial charge on any atom is -0.332 e. The quantitative estimate of drug-likeness (QED) is 0.641. The van der Waals surface area contributed by atoms with Gasteiger partial charge in [-0.2, -0.15) is 15.0 Å². The molecule has 3 aromatic rings. The van der Waals surface area contributed by atoms with E-state index in [9.17, 15) is 4.79 Å². The Morgan fingerprint density at radius 2 is 2.10 bits per heavy atom. The van der Waals surface area contributed by atoms with Crippen molar-refractivity contribution in [3.05, 3.63) is 70.4 Å². The molecule has 8 heteroatoms. The van der Waals surface area contributed by atoms with Gasteiger partial charge in [-0.05, 0) is 61.6 Å². The van der Waals surface area contributed by atoms with E-state index in [1.54, 1.807) is 34.8 Å². The van der Waals surface area contributed by atoms with Crippen LogP contribution in [-0.2, 0) is 0 Å². The van der Waals surface area contributed by atoms with Gasteiger partial charge in [-0.25, -0.2) is 9.97 Å². The minimum absolute atomic E-state index is 0.135. The molecule has 29 heavy (non-hydrogen) atoms. The highest BCUT2D eigenvalue weighted by Gasteiger charge is 2.27. The largest absolute Gasteiger partial charge is 0.332 e. The molecular weight excluding hydrogens is 388 g/mol. The van der Waals surface area contributed by atoms with Gasteiger partial charge in [-0.3, -0.25) is 4.79 Å². The standard InChI is InChI=1S/C21H19ClN6O/c1-13(20-25-12-26-28(20)19-6-3-14(10-23)11-24-19)27(2)21(29)17-7-16(15-4-5-15)8-18(22)9-17/h3,6-9,11-13,15H,4-5H2,1-2H3. The summed E-state index contributed by atoms with van der Waals surface area (Å²) in [6.07, 6.45) is 5.18. The Morgan fingerprint density at radius 1 is 1.31 bits per heavy atom. The van der Waals surface area contributed by atoms with Crippen molar-refractivity contribution in [3.63, 3.8) is 0 Å². The molecule has 2 heterocycles. The lowest BCUT2D eigenvalue weighted by atomic mass is 10.1. The summed E-state index contributed by atoms with van der Waals surface area (Å²) < 4.78 is 1.57. The molecule has 1 amide bonds. The van der Waals surface area contributed by atoms with Gasteiger partial charge in [0, 0.05) is 23.8 Å². The van der Waals surface area contributed by atoms with Gasteiger partial charge in [0.25, 0.3) is 5.91 Å². The second kappa shape index (κ2) is 7.64. The average molecular weight is 407 g/mol. The third-order valence-corrected chi connectivity index (χ3v) is 5.38. The summed E-state index contributed by atoms with van der Waals surface area (Å²) in [5.41, 5.74) is 2.14. The van der Waals surface area contributed by atoms with Crippen LogP contribution >= 0.6 is 11.6 Å². The van der Waals surface area contributed by atoms with E-state index >= 15 is 0 Å². The Hall–Kier alpha value is -3.24. The van der Waals surface area contributed by atoms with Crippen LogP contribution in [0.15, 0.2) is 42.9 Å². The molecule has 1 aromatic carbocycles. The highest BCUT2D eigenvalue weighted by molar-refractivity contribution is 6.31.